The van der Waals surface area contributed by atoms with Crippen LogP contribution in [0.15, 0.2) is 101 Å². The van der Waals surface area contributed by atoms with Crippen LogP contribution in [0.25, 0.3) is 0 Å². The van der Waals surface area contributed by atoms with Crippen molar-refractivity contribution in [1.29, 1.82) is 0 Å². The lowest BCUT2D eigenvalue weighted by Gasteiger charge is -2.39. The van der Waals surface area contributed by atoms with Crippen LogP contribution in [0.1, 0.15) is 34.0 Å². The Morgan fingerprint density at radius 1 is 0.846 bits per heavy atom. The van der Waals surface area contributed by atoms with Crippen molar-refractivity contribution in [2.24, 2.45) is 7.05 Å². The van der Waals surface area contributed by atoms with Crippen molar-refractivity contribution in [2.75, 3.05) is 31.9 Å². The first-order valence-corrected chi connectivity index (χ1v) is 14.3. The van der Waals surface area contributed by atoms with Crippen LogP contribution in [0.3, 0.4) is 0 Å². The second kappa shape index (κ2) is 12.5. The summed E-state index contributed by atoms with van der Waals surface area (Å²) in [6.45, 7) is 4.83. The molecule has 2 heterocycles. The topological polar surface area (TPSA) is 58.4 Å². The van der Waals surface area contributed by atoms with E-state index in [1.54, 1.807) is 11.6 Å². The third kappa shape index (κ3) is 6.32. The van der Waals surface area contributed by atoms with Crippen molar-refractivity contribution in [1.82, 2.24) is 19.4 Å². The largest absolute Gasteiger partial charge is 0.339 e. The zero-order chi connectivity index (χ0) is 27.2. The second-order valence-corrected chi connectivity index (χ2v) is 10.9. The Morgan fingerprint density at radius 2 is 1.38 bits per heavy atom. The van der Waals surface area contributed by atoms with Gasteiger partial charge in [0.25, 0.3) is 5.56 Å². The Hall–Kier alpha value is -3.68. The maximum atomic E-state index is 13.1. The van der Waals surface area contributed by atoms with E-state index in [2.05, 4.69) is 53.4 Å². The minimum absolute atomic E-state index is 0.0530. The molecule has 0 N–H and O–H groups in total. The molecule has 3 aromatic carbocycles. The van der Waals surface area contributed by atoms with Crippen molar-refractivity contribution in [3.63, 3.8) is 0 Å². The van der Waals surface area contributed by atoms with Gasteiger partial charge in [0.05, 0.1) is 11.8 Å². The number of amides is 1. The van der Waals surface area contributed by atoms with Crippen LogP contribution in [0.2, 0.25) is 0 Å². The normalized spacial score (nSPS) is 14.1. The van der Waals surface area contributed by atoms with Crippen molar-refractivity contribution < 1.29 is 4.79 Å². The highest BCUT2D eigenvalue weighted by molar-refractivity contribution is 7.99. The fraction of sp³-hybridized carbons (Fsp3) is 0.281. The van der Waals surface area contributed by atoms with Gasteiger partial charge in [-0.25, -0.2) is 4.98 Å². The number of nitrogens with zero attached hydrogens (tertiary/aromatic N) is 4. The number of aromatic nitrogens is 2. The van der Waals surface area contributed by atoms with Gasteiger partial charge >= 0.3 is 0 Å². The highest BCUT2D eigenvalue weighted by Crippen LogP contribution is 2.29. The Morgan fingerprint density at radius 3 is 1.95 bits per heavy atom. The van der Waals surface area contributed by atoms with E-state index in [-0.39, 0.29) is 23.3 Å². The van der Waals surface area contributed by atoms with Crippen molar-refractivity contribution in [2.45, 2.75) is 24.5 Å². The number of carbonyl (C=O) groups is 1. The Kier molecular flexibility index (Phi) is 8.59. The number of hydrogen-bond acceptors (Lipinski definition) is 5. The van der Waals surface area contributed by atoms with Crippen molar-refractivity contribution in [3.8, 4) is 0 Å². The van der Waals surface area contributed by atoms with Gasteiger partial charge in [-0.2, -0.15) is 0 Å². The van der Waals surface area contributed by atoms with Crippen molar-refractivity contribution >= 4 is 17.7 Å². The van der Waals surface area contributed by atoms with E-state index >= 15 is 0 Å². The number of aryl methyl sites for hydroxylation is 1. The molecule has 0 radical (unpaired) electrons. The second-order valence-electron chi connectivity index (χ2n) is 9.91. The Labute approximate surface area is 234 Å². The number of benzene rings is 3. The van der Waals surface area contributed by atoms with Crippen LogP contribution in [-0.2, 0) is 18.3 Å². The van der Waals surface area contributed by atoms with Crippen LogP contribution in [0.5, 0.6) is 0 Å². The van der Waals surface area contributed by atoms with E-state index in [0.29, 0.717) is 30.2 Å². The Bertz CT molecular complexity index is 1410. The molecule has 1 aliphatic heterocycles. The zero-order valence-corrected chi connectivity index (χ0v) is 23.3. The molecular formula is C32H34N4O2S. The molecular weight excluding hydrogens is 504 g/mol. The van der Waals surface area contributed by atoms with Gasteiger partial charge in [-0.1, -0.05) is 103 Å². The van der Waals surface area contributed by atoms with Gasteiger partial charge in [-0.05, 0) is 23.6 Å². The molecule has 200 valence electrons. The molecule has 39 heavy (non-hydrogen) atoms. The highest BCUT2D eigenvalue weighted by atomic mass is 32.2. The van der Waals surface area contributed by atoms with E-state index in [9.17, 15) is 9.59 Å². The molecule has 6 nitrogen and oxygen atoms in total. The summed E-state index contributed by atoms with van der Waals surface area (Å²) in [7, 11) is 1.74. The summed E-state index contributed by atoms with van der Waals surface area (Å²) in [5, 5.41) is 0.578. The number of carbonyl (C=O) groups excluding carboxylic acids is 1. The van der Waals surface area contributed by atoms with Gasteiger partial charge in [0, 0.05) is 50.9 Å². The van der Waals surface area contributed by atoms with Crippen LogP contribution in [0, 0.1) is 6.92 Å². The standard InChI is InChI=1S/C32H34N4O2S/c1-24-28(22-25-12-6-3-7-13-25)31(38)34(2)32(33-24)39-23-29(37)35-18-20-36(21-19-35)30(26-14-8-4-9-15-26)27-16-10-5-11-17-27/h3-17,30H,18-23H2,1-2H3. The minimum Gasteiger partial charge on any atom is -0.339 e. The molecule has 1 saturated heterocycles. The molecule has 1 aliphatic rings. The molecule has 1 amide bonds. The fourth-order valence-corrected chi connectivity index (χ4v) is 6.11. The van der Waals surface area contributed by atoms with Gasteiger partial charge < -0.3 is 4.90 Å². The number of thioether (sulfide) groups is 1. The third-order valence-corrected chi connectivity index (χ3v) is 8.38. The van der Waals surface area contributed by atoms with Gasteiger partial charge in [0.2, 0.25) is 5.91 Å². The predicted octanol–water partition coefficient (Wildman–Crippen LogP) is 4.71. The molecule has 0 spiro atoms. The molecule has 1 fully saturated rings. The quantitative estimate of drug-likeness (QED) is 0.240. The molecule has 0 saturated carbocycles. The Balaban J connectivity index is 1.22. The molecule has 0 aliphatic carbocycles. The fourth-order valence-electron chi connectivity index (χ4n) is 5.19. The van der Waals surface area contributed by atoms with Gasteiger partial charge in [0.1, 0.15) is 0 Å². The SMILES string of the molecule is Cc1nc(SCC(=O)N2CCN(C(c3ccccc3)c3ccccc3)CC2)n(C)c(=O)c1Cc1ccccc1. The van der Waals surface area contributed by atoms with Gasteiger partial charge in [-0.15, -0.1) is 0 Å². The summed E-state index contributed by atoms with van der Waals surface area (Å²) in [5.74, 6) is 0.342. The number of piperazine rings is 1. The van der Waals surface area contributed by atoms with E-state index in [4.69, 9.17) is 4.98 Å². The summed E-state index contributed by atoms with van der Waals surface area (Å²) < 4.78 is 1.57. The molecule has 4 aromatic rings. The van der Waals surface area contributed by atoms with E-state index < -0.39 is 0 Å². The first-order valence-electron chi connectivity index (χ1n) is 13.4. The zero-order valence-electron chi connectivity index (χ0n) is 22.5. The maximum absolute atomic E-state index is 13.1. The molecule has 1 aromatic heterocycles. The first-order chi connectivity index (χ1) is 19.0. The molecule has 5 rings (SSSR count). The minimum atomic E-state index is -0.0530. The average molecular weight is 539 g/mol. The van der Waals surface area contributed by atoms with E-state index in [0.717, 1.165) is 24.3 Å². The van der Waals surface area contributed by atoms with Gasteiger partial charge in [-0.3, -0.25) is 19.1 Å². The summed E-state index contributed by atoms with van der Waals surface area (Å²) >= 11 is 1.34. The lowest BCUT2D eigenvalue weighted by atomic mass is 9.96. The lowest BCUT2D eigenvalue weighted by molar-refractivity contribution is -0.130. The smallest absolute Gasteiger partial charge is 0.257 e. The summed E-state index contributed by atoms with van der Waals surface area (Å²) in [6.07, 6.45) is 0.549. The number of hydrogen-bond donors (Lipinski definition) is 0. The van der Waals surface area contributed by atoms with Crippen LogP contribution >= 0.6 is 11.8 Å². The summed E-state index contributed by atoms with van der Waals surface area (Å²) in [6, 6.07) is 31.2. The third-order valence-electron chi connectivity index (χ3n) is 7.36. The predicted molar refractivity (Wildman–Crippen MR) is 157 cm³/mol. The van der Waals surface area contributed by atoms with E-state index in [1.165, 1.54) is 22.9 Å². The monoisotopic (exact) mass is 538 g/mol. The highest BCUT2D eigenvalue weighted by Gasteiger charge is 2.28. The summed E-state index contributed by atoms with van der Waals surface area (Å²) in [4.78, 5) is 35.3. The average Bonchev–Trinajstić information content (AvgIpc) is 2.98. The molecule has 0 unspecified atom stereocenters. The van der Waals surface area contributed by atoms with Gasteiger partial charge in [0.15, 0.2) is 5.16 Å². The summed E-state index contributed by atoms with van der Waals surface area (Å²) in [5.41, 5.74) is 4.97. The number of rotatable bonds is 8. The van der Waals surface area contributed by atoms with Crippen LogP contribution in [0.4, 0.5) is 0 Å². The van der Waals surface area contributed by atoms with E-state index in [1.807, 2.05) is 54.3 Å². The lowest BCUT2D eigenvalue weighted by Crippen LogP contribution is -2.50. The molecule has 7 heteroatoms. The van der Waals surface area contributed by atoms with Crippen LogP contribution in [-0.4, -0.2) is 57.2 Å². The first kappa shape index (κ1) is 26.9. The molecule has 0 atom stereocenters. The van der Waals surface area contributed by atoms with Crippen molar-refractivity contribution in [3.05, 3.63) is 129 Å². The maximum Gasteiger partial charge on any atom is 0.257 e. The molecule has 0 bridgehead atoms. The van der Waals surface area contributed by atoms with Crippen LogP contribution < -0.4 is 5.56 Å².